The van der Waals surface area contributed by atoms with Gasteiger partial charge in [-0.3, -0.25) is 4.79 Å². The Labute approximate surface area is 376 Å². The number of hydrogen-bond donors (Lipinski definition) is 0. The van der Waals surface area contributed by atoms with Crippen molar-refractivity contribution in [2.75, 3.05) is 60.0 Å². The Kier molecular flexibility index (Phi) is 46.1. The van der Waals surface area contributed by atoms with Gasteiger partial charge in [0.15, 0.2) is 0 Å². The molecule has 0 N–H and O–H groups in total. The number of unbranched alkanes of at least 4 members (excludes halogenated alkanes) is 27. The number of carbonyl (C=O) groups is 2. The van der Waals surface area contributed by atoms with E-state index in [1.165, 1.54) is 186 Å². The molecule has 7 heteroatoms. The van der Waals surface area contributed by atoms with E-state index in [0.717, 1.165) is 84.1 Å². The van der Waals surface area contributed by atoms with Crippen molar-refractivity contribution < 1.29 is 19.1 Å². The first-order chi connectivity index (χ1) is 29.4. The molecule has 0 aromatic heterocycles. The van der Waals surface area contributed by atoms with E-state index in [9.17, 15) is 9.59 Å². The number of amides is 1. The summed E-state index contributed by atoms with van der Waals surface area (Å²) in [5, 5.41) is 0. The molecule has 358 valence electrons. The normalized spacial score (nSPS) is 11.7. The molecule has 7 nitrogen and oxygen atoms in total. The monoisotopic (exact) mass is 850 g/mol. The second-order valence-corrected chi connectivity index (χ2v) is 18.8. The molecule has 0 aliphatic heterocycles. The summed E-state index contributed by atoms with van der Waals surface area (Å²) in [6.45, 7) is 15.9. The van der Waals surface area contributed by atoms with Crippen molar-refractivity contribution in [1.29, 1.82) is 0 Å². The molecule has 0 saturated heterocycles. The molecule has 0 spiro atoms. The highest BCUT2D eigenvalue weighted by Gasteiger charge is 2.16. The van der Waals surface area contributed by atoms with Crippen molar-refractivity contribution in [3.8, 4) is 0 Å². The number of carbonyl (C=O) groups excluding carboxylic acids is 2. The summed E-state index contributed by atoms with van der Waals surface area (Å²) in [7, 11) is 4.33. The Morgan fingerprint density at radius 2 is 0.750 bits per heavy atom. The summed E-state index contributed by atoms with van der Waals surface area (Å²) in [6.07, 6.45) is 44.5. The van der Waals surface area contributed by atoms with Gasteiger partial charge in [0.25, 0.3) is 0 Å². The van der Waals surface area contributed by atoms with Crippen LogP contribution in [0.15, 0.2) is 0 Å². The minimum atomic E-state index is -0.0888. The molecule has 0 aromatic rings. The van der Waals surface area contributed by atoms with E-state index < -0.39 is 0 Å². The van der Waals surface area contributed by atoms with Crippen molar-refractivity contribution in [3.05, 3.63) is 0 Å². The molecule has 0 atom stereocenters. The number of rotatable bonds is 48. The zero-order valence-electron chi connectivity index (χ0n) is 41.7. The number of nitrogens with zero attached hydrogens (tertiary/aromatic N) is 3. The van der Waals surface area contributed by atoms with E-state index in [0.29, 0.717) is 13.0 Å². The van der Waals surface area contributed by atoms with Gasteiger partial charge in [0.1, 0.15) is 6.10 Å². The quantitative estimate of drug-likeness (QED) is 0.0449. The van der Waals surface area contributed by atoms with E-state index in [2.05, 4.69) is 51.6 Å². The summed E-state index contributed by atoms with van der Waals surface area (Å²) in [5.41, 5.74) is 0. The molecule has 0 rings (SSSR count). The number of ether oxygens (including phenoxy) is 2. The fourth-order valence-corrected chi connectivity index (χ4v) is 8.37. The van der Waals surface area contributed by atoms with Gasteiger partial charge in [-0.2, -0.15) is 0 Å². The minimum absolute atomic E-state index is 0.0351. The van der Waals surface area contributed by atoms with Gasteiger partial charge in [-0.1, -0.05) is 182 Å². The van der Waals surface area contributed by atoms with Gasteiger partial charge in [-0.05, 0) is 117 Å². The maximum absolute atomic E-state index is 13.1. The molecule has 0 heterocycles. The highest BCUT2D eigenvalue weighted by Crippen LogP contribution is 2.19. The van der Waals surface area contributed by atoms with Gasteiger partial charge in [0, 0.05) is 19.5 Å². The first-order valence-corrected chi connectivity index (χ1v) is 26.9. The first-order valence-electron chi connectivity index (χ1n) is 26.9. The van der Waals surface area contributed by atoms with Crippen LogP contribution >= 0.6 is 0 Å². The predicted molar refractivity (Wildman–Crippen MR) is 261 cm³/mol. The SMILES string of the molecule is CCCCCCCCC(CCCCCCCC)OC(=O)CCCCCCN(CCCCCCOC(=O)N(CCCCCCCC)CCCCCCCC)CCCCN(C)C. The van der Waals surface area contributed by atoms with E-state index in [4.69, 9.17) is 9.47 Å². The summed E-state index contributed by atoms with van der Waals surface area (Å²) < 4.78 is 11.9. The van der Waals surface area contributed by atoms with Crippen LogP contribution in [0.5, 0.6) is 0 Å². The third-order valence-electron chi connectivity index (χ3n) is 12.4. The lowest BCUT2D eigenvalue weighted by atomic mass is 10.0. The fraction of sp³-hybridized carbons (Fsp3) is 0.962. The van der Waals surface area contributed by atoms with Gasteiger partial charge in [0.2, 0.25) is 0 Å². The Hall–Kier alpha value is -1.34. The smallest absolute Gasteiger partial charge is 0.409 e. The molecular formula is C53H107N3O4. The lowest BCUT2D eigenvalue weighted by molar-refractivity contribution is -0.150. The molecule has 0 aromatic carbocycles. The number of hydrogen-bond acceptors (Lipinski definition) is 6. The van der Waals surface area contributed by atoms with Crippen LogP contribution in [0, 0.1) is 0 Å². The molecule has 1 amide bonds. The molecule has 0 aliphatic rings. The Morgan fingerprint density at radius 3 is 1.20 bits per heavy atom. The van der Waals surface area contributed by atoms with Gasteiger partial charge in [0.05, 0.1) is 6.61 Å². The molecule has 0 bridgehead atoms. The van der Waals surface area contributed by atoms with Gasteiger partial charge in [-0.25, -0.2) is 4.79 Å². The van der Waals surface area contributed by atoms with E-state index in [1.807, 2.05) is 4.90 Å². The van der Waals surface area contributed by atoms with Crippen LogP contribution in [-0.2, 0) is 14.3 Å². The summed E-state index contributed by atoms with van der Waals surface area (Å²) in [5.74, 6) is 0.0351. The van der Waals surface area contributed by atoms with Crippen LogP contribution < -0.4 is 0 Å². The van der Waals surface area contributed by atoms with Crippen LogP contribution in [0.3, 0.4) is 0 Å². The summed E-state index contributed by atoms with van der Waals surface area (Å²) in [6, 6.07) is 0. The predicted octanol–water partition coefficient (Wildman–Crippen LogP) is 15.7. The third-order valence-corrected chi connectivity index (χ3v) is 12.4. The lowest BCUT2D eigenvalue weighted by Gasteiger charge is -2.23. The second-order valence-electron chi connectivity index (χ2n) is 18.8. The molecule has 0 aliphatic carbocycles. The van der Waals surface area contributed by atoms with E-state index in [1.54, 1.807) is 0 Å². The van der Waals surface area contributed by atoms with Crippen molar-refractivity contribution in [1.82, 2.24) is 14.7 Å². The highest BCUT2D eigenvalue weighted by molar-refractivity contribution is 5.69. The average molecular weight is 850 g/mol. The Bertz CT molecular complexity index is 854. The van der Waals surface area contributed by atoms with Crippen molar-refractivity contribution in [3.63, 3.8) is 0 Å². The van der Waals surface area contributed by atoms with Crippen LogP contribution in [0.25, 0.3) is 0 Å². The molecule has 0 radical (unpaired) electrons. The van der Waals surface area contributed by atoms with Crippen LogP contribution in [0.2, 0.25) is 0 Å². The van der Waals surface area contributed by atoms with Crippen LogP contribution in [0.4, 0.5) is 4.79 Å². The summed E-state index contributed by atoms with van der Waals surface area (Å²) in [4.78, 5) is 32.9. The van der Waals surface area contributed by atoms with E-state index >= 15 is 0 Å². The molecule has 60 heavy (non-hydrogen) atoms. The Morgan fingerprint density at radius 1 is 0.400 bits per heavy atom. The third kappa shape index (κ3) is 42.0. The lowest BCUT2D eigenvalue weighted by Crippen LogP contribution is -2.33. The molecular weight excluding hydrogens is 743 g/mol. The molecule has 0 saturated carbocycles. The zero-order chi connectivity index (χ0) is 44.0. The van der Waals surface area contributed by atoms with E-state index in [-0.39, 0.29) is 18.2 Å². The van der Waals surface area contributed by atoms with Gasteiger partial charge >= 0.3 is 12.1 Å². The average Bonchev–Trinajstić information content (AvgIpc) is 3.23. The first kappa shape index (κ1) is 58.7. The fourth-order valence-electron chi connectivity index (χ4n) is 8.37. The van der Waals surface area contributed by atoms with Crippen molar-refractivity contribution in [2.24, 2.45) is 0 Å². The minimum Gasteiger partial charge on any atom is -0.462 e. The topological polar surface area (TPSA) is 62.3 Å². The standard InChI is InChI=1S/C53H107N3O4/c1-7-11-15-19-23-31-41-51(42-32-24-20-16-12-8-2)60-52(57)43-33-25-28-34-45-55(47-39-38-44-54(5)6)46-35-29-30-40-50-59-53(58)56(48-36-26-21-17-13-9-3)49-37-27-22-18-14-10-4/h51H,7-50H2,1-6H3. The van der Waals surface area contributed by atoms with Crippen LogP contribution in [-0.4, -0.2) is 92.8 Å². The largest absolute Gasteiger partial charge is 0.462 e. The zero-order valence-corrected chi connectivity index (χ0v) is 41.7. The summed E-state index contributed by atoms with van der Waals surface area (Å²) >= 11 is 0. The van der Waals surface area contributed by atoms with Gasteiger partial charge < -0.3 is 24.2 Å². The highest BCUT2D eigenvalue weighted by atomic mass is 16.6. The van der Waals surface area contributed by atoms with Gasteiger partial charge in [-0.15, -0.1) is 0 Å². The maximum atomic E-state index is 13.1. The van der Waals surface area contributed by atoms with Crippen molar-refractivity contribution in [2.45, 2.75) is 271 Å². The Balaban J connectivity index is 4.58. The molecule has 0 fully saturated rings. The van der Waals surface area contributed by atoms with Crippen molar-refractivity contribution >= 4 is 12.1 Å². The van der Waals surface area contributed by atoms with Crippen LogP contribution in [0.1, 0.15) is 265 Å². The maximum Gasteiger partial charge on any atom is 0.409 e. The second kappa shape index (κ2) is 47.1. The molecule has 0 unspecified atom stereocenters. The number of esters is 1.